The van der Waals surface area contributed by atoms with Gasteiger partial charge in [0.05, 0.1) is 11.8 Å². The number of piperazine rings is 1. The van der Waals surface area contributed by atoms with Crippen LogP contribution in [0.5, 0.6) is 5.75 Å². The van der Waals surface area contributed by atoms with Crippen molar-refractivity contribution in [1.29, 1.82) is 0 Å². The highest BCUT2D eigenvalue weighted by atomic mass is 127. The summed E-state index contributed by atoms with van der Waals surface area (Å²) in [6.07, 6.45) is 7.97. The number of para-hydroxylation sites is 2. The summed E-state index contributed by atoms with van der Waals surface area (Å²) in [6.45, 7) is 5.26. The highest BCUT2D eigenvalue weighted by Crippen LogP contribution is 2.27. The summed E-state index contributed by atoms with van der Waals surface area (Å²) < 4.78 is 5.99. The molecule has 7 heteroatoms. The third-order valence-electron chi connectivity index (χ3n) is 5.52. The van der Waals surface area contributed by atoms with E-state index in [-0.39, 0.29) is 24.0 Å². The standard InChI is InChI=1S/C21H34N4O2.HI/c1-22-21(23-12-7-17-27-18-8-3-2-4-9-18)25-15-13-24(14-16-25)19-10-5-6-11-20(19)26;/h5-6,10-11,18,26H,2-4,7-9,12-17H2,1H3,(H,22,23);1H. The zero-order valence-corrected chi connectivity index (χ0v) is 19.3. The Labute approximate surface area is 186 Å². The SMILES string of the molecule is CN=C(NCCCOC1CCCCC1)N1CCN(c2ccccc2O)CC1.I. The number of rotatable bonds is 6. The van der Waals surface area contributed by atoms with Crippen LogP contribution in [0.15, 0.2) is 29.3 Å². The van der Waals surface area contributed by atoms with Crippen LogP contribution < -0.4 is 10.2 Å². The molecule has 1 aromatic rings. The van der Waals surface area contributed by atoms with E-state index in [0.29, 0.717) is 11.9 Å². The van der Waals surface area contributed by atoms with Crippen molar-refractivity contribution in [3.8, 4) is 5.75 Å². The van der Waals surface area contributed by atoms with E-state index in [9.17, 15) is 5.11 Å². The maximum absolute atomic E-state index is 10.0. The molecule has 1 aliphatic carbocycles. The second kappa shape index (κ2) is 12.4. The molecule has 0 aromatic heterocycles. The van der Waals surface area contributed by atoms with Crippen LogP contribution in [0.4, 0.5) is 5.69 Å². The first kappa shape index (κ1) is 23.1. The average molecular weight is 502 g/mol. The fourth-order valence-corrected chi connectivity index (χ4v) is 3.98. The molecule has 3 rings (SSSR count). The number of ether oxygens (including phenoxy) is 1. The van der Waals surface area contributed by atoms with Crippen molar-refractivity contribution in [3.63, 3.8) is 0 Å². The third kappa shape index (κ3) is 6.69. The minimum Gasteiger partial charge on any atom is -0.506 e. The predicted octanol–water partition coefficient (Wildman–Crippen LogP) is 3.45. The Morgan fingerprint density at radius 1 is 1.14 bits per heavy atom. The van der Waals surface area contributed by atoms with Crippen molar-refractivity contribution in [1.82, 2.24) is 10.2 Å². The Hall–Kier alpha value is -1.22. The van der Waals surface area contributed by atoms with E-state index in [4.69, 9.17) is 4.74 Å². The number of aromatic hydroxyl groups is 1. The molecule has 0 amide bonds. The number of phenolic OH excluding ortho intramolecular Hbond substituents is 1. The number of guanidine groups is 1. The highest BCUT2D eigenvalue weighted by Gasteiger charge is 2.21. The van der Waals surface area contributed by atoms with E-state index in [1.54, 1.807) is 6.07 Å². The van der Waals surface area contributed by atoms with E-state index >= 15 is 0 Å². The van der Waals surface area contributed by atoms with Crippen LogP contribution in [0.1, 0.15) is 38.5 Å². The first-order chi connectivity index (χ1) is 13.3. The summed E-state index contributed by atoms with van der Waals surface area (Å²) in [5.41, 5.74) is 0.917. The van der Waals surface area contributed by atoms with Gasteiger partial charge in [0.1, 0.15) is 5.75 Å². The lowest BCUT2D eigenvalue weighted by Crippen LogP contribution is -2.52. The summed E-state index contributed by atoms with van der Waals surface area (Å²) >= 11 is 0. The minimum absolute atomic E-state index is 0. The van der Waals surface area contributed by atoms with Gasteiger partial charge in [-0.15, -0.1) is 24.0 Å². The van der Waals surface area contributed by atoms with Crippen LogP contribution in [0.2, 0.25) is 0 Å². The number of phenols is 1. The maximum atomic E-state index is 10.0. The largest absolute Gasteiger partial charge is 0.506 e. The van der Waals surface area contributed by atoms with Gasteiger partial charge in [-0.3, -0.25) is 4.99 Å². The third-order valence-corrected chi connectivity index (χ3v) is 5.52. The first-order valence-electron chi connectivity index (χ1n) is 10.4. The van der Waals surface area contributed by atoms with E-state index in [0.717, 1.165) is 57.4 Å². The normalized spacial score (nSPS) is 18.7. The molecule has 0 bridgehead atoms. The lowest BCUT2D eigenvalue weighted by Gasteiger charge is -2.37. The van der Waals surface area contributed by atoms with E-state index in [1.807, 2.05) is 25.2 Å². The van der Waals surface area contributed by atoms with E-state index < -0.39 is 0 Å². The van der Waals surface area contributed by atoms with Crippen LogP contribution in [0.3, 0.4) is 0 Å². The molecule has 6 nitrogen and oxygen atoms in total. The van der Waals surface area contributed by atoms with Crippen LogP contribution in [-0.2, 0) is 4.74 Å². The van der Waals surface area contributed by atoms with Gasteiger partial charge in [-0.25, -0.2) is 0 Å². The molecule has 2 fully saturated rings. The summed E-state index contributed by atoms with van der Waals surface area (Å²) in [7, 11) is 1.84. The molecule has 1 aliphatic heterocycles. The van der Waals surface area contributed by atoms with Crippen LogP contribution >= 0.6 is 24.0 Å². The molecule has 1 heterocycles. The Kier molecular flexibility index (Phi) is 10.2. The maximum Gasteiger partial charge on any atom is 0.193 e. The Balaban J connectivity index is 0.00000280. The molecule has 1 saturated carbocycles. The fraction of sp³-hybridized carbons (Fsp3) is 0.667. The predicted molar refractivity (Wildman–Crippen MR) is 126 cm³/mol. The molecule has 2 aliphatic rings. The topological polar surface area (TPSA) is 60.3 Å². The Morgan fingerprint density at radius 3 is 2.54 bits per heavy atom. The number of anilines is 1. The summed E-state index contributed by atoms with van der Waals surface area (Å²) in [6, 6.07) is 7.55. The molecular formula is C21H35IN4O2. The summed E-state index contributed by atoms with van der Waals surface area (Å²) in [4.78, 5) is 8.96. The number of nitrogens with one attached hydrogen (secondary N) is 1. The van der Waals surface area contributed by atoms with Crippen molar-refractivity contribution in [2.45, 2.75) is 44.6 Å². The van der Waals surface area contributed by atoms with Gasteiger partial charge in [0.25, 0.3) is 0 Å². The number of hydrogen-bond donors (Lipinski definition) is 2. The number of nitrogens with zero attached hydrogens (tertiary/aromatic N) is 3. The number of aliphatic imine (C=N–C) groups is 1. The van der Waals surface area contributed by atoms with Crippen molar-refractivity contribution >= 4 is 35.6 Å². The van der Waals surface area contributed by atoms with Gasteiger partial charge in [0.15, 0.2) is 5.96 Å². The van der Waals surface area contributed by atoms with Crippen LogP contribution in [0.25, 0.3) is 0 Å². The van der Waals surface area contributed by atoms with E-state index in [1.165, 1.54) is 32.1 Å². The lowest BCUT2D eigenvalue weighted by molar-refractivity contribution is 0.0276. The molecule has 0 spiro atoms. The number of hydrogen-bond acceptors (Lipinski definition) is 4. The quantitative estimate of drug-likeness (QED) is 0.270. The van der Waals surface area contributed by atoms with Crippen LogP contribution in [0, 0.1) is 0 Å². The smallest absolute Gasteiger partial charge is 0.193 e. The Bertz CT molecular complexity index is 600. The van der Waals surface area contributed by atoms with Gasteiger partial charge >= 0.3 is 0 Å². The van der Waals surface area contributed by atoms with Crippen molar-refractivity contribution in [2.24, 2.45) is 4.99 Å². The molecule has 1 aromatic carbocycles. The Morgan fingerprint density at radius 2 is 1.86 bits per heavy atom. The zero-order chi connectivity index (χ0) is 18.9. The minimum atomic E-state index is 0. The molecule has 0 unspecified atom stereocenters. The molecular weight excluding hydrogens is 467 g/mol. The molecule has 1 saturated heterocycles. The van der Waals surface area contributed by atoms with Gasteiger partial charge in [-0.1, -0.05) is 31.4 Å². The van der Waals surface area contributed by atoms with Crippen molar-refractivity contribution in [2.75, 3.05) is 51.3 Å². The van der Waals surface area contributed by atoms with Crippen molar-refractivity contribution in [3.05, 3.63) is 24.3 Å². The second-order valence-corrected chi connectivity index (χ2v) is 7.42. The average Bonchev–Trinajstić information content (AvgIpc) is 2.72. The fourth-order valence-electron chi connectivity index (χ4n) is 3.98. The number of benzene rings is 1. The zero-order valence-electron chi connectivity index (χ0n) is 17.0. The van der Waals surface area contributed by atoms with Gasteiger partial charge in [0.2, 0.25) is 0 Å². The molecule has 2 N–H and O–H groups in total. The molecule has 0 atom stereocenters. The van der Waals surface area contributed by atoms with Gasteiger partial charge in [-0.2, -0.15) is 0 Å². The van der Waals surface area contributed by atoms with E-state index in [2.05, 4.69) is 20.1 Å². The van der Waals surface area contributed by atoms with Crippen molar-refractivity contribution < 1.29 is 9.84 Å². The molecule has 158 valence electrons. The van der Waals surface area contributed by atoms with Crippen LogP contribution in [-0.4, -0.2) is 68.4 Å². The van der Waals surface area contributed by atoms with Gasteiger partial charge in [-0.05, 0) is 31.4 Å². The van der Waals surface area contributed by atoms with Gasteiger partial charge in [0, 0.05) is 46.4 Å². The van der Waals surface area contributed by atoms with Gasteiger partial charge < -0.3 is 25.0 Å². The molecule has 28 heavy (non-hydrogen) atoms. The monoisotopic (exact) mass is 502 g/mol. The lowest BCUT2D eigenvalue weighted by atomic mass is 9.98. The summed E-state index contributed by atoms with van der Waals surface area (Å²) in [5, 5.41) is 13.5. The molecule has 0 radical (unpaired) electrons. The highest BCUT2D eigenvalue weighted by molar-refractivity contribution is 14.0. The number of halogens is 1. The summed E-state index contributed by atoms with van der Waals surface area (Å²) in [5.74, 6) is 1.32. The second-order valence-electron chi connectivity index (χ2n) is 7.42. The first-order valence-corrected chi connectivity index (χ1v) is 10.4.